The van der Waals surface area contributed by atoms with Gasteiger partial charge < -0.3 is 20.3 Å². The molecule has 2 N–H and O–H groups in total. The first-order valence-electron chi connectivity index (χ1n) is 8.38. The SMILES string of the molecule is CCN(CC)CCCNC(=NC)NCCCOCC(C)C. The van der Waals surface area contributed by atoms with Gasteiger partial charge in [0.1, 0.15) is 0 Å². The lowest BCUT2D eigenvalue weighted by atomic mass is 10.2. The molecule has 0 spiro atoms. The third-order valence-electron chi connectivity index (χ3n) is 3.27. The van der Waals surface area contributed by atoms with Gasteiger partial charge in [-0.15, -0.1) is 0 Å². The quantitative estimate of drug-likeness (QED) is 0.328. The van der Waals surface area contributed by atoms with E-state index in [1.807, 2.05) is 7.05 Å². The Labute approximate surface area is 131 Å². The van der Waals surface area contributed by atoms with Gasteiger partial charge in [0.05, 0.1) is 0 Å². The molecule has 0 aliphatic carbocycles. The van der Waals surface area contributed by atoms with Crippen LogP contribution in [0.4, 0.5) is 0 Å². The number of ether oxygens (including phenoxy) is 1. The van der Waals surface area contributed by atoms with Crippen LogP contribution in [-0.4, -0.2) is 63.8 Å². The molecule has 5 nitrogen and oxygen atoms in total. The summed E-state index contributed by atoms with van der Waals surface area (Å²) in [6.07, 6.45) is 2.15. The first kappa shape index (κ1) is 20.2. The van der Waals surface area contributed by atoms with Gasteiger partial charge in [0.2, 0.25) is 0 Å². The van der Waals surface area contributed by atoms with Gasteiger partial charge in [0.25, 0.3) is 0 Å². The lowest BCUT2D eigenvalue weighted by Gasteiger charge is -2.18. The second kappa shape index (κ2) is 14.1. The molecular weight excluding hydrogens is 264 g/mol. The number of nitrogens with one attached hydrogen (secondary N) is 2. The number of nitrogens with zero attached hydrogens (tertiary/aromatic N) is 2. The summed E-state index contributed by atoms with van der Waals surface area (Å²) in [7, 11) is 1.81. The zero-order valence-corrected chi connectivity index (χ0v) is 14.7. The van der Waals surface area contributed by atoms with Crippen LogP contribution in [0.15, 0.2) is 4.99 Å². The van der Waals surface area contributed by atoms with E-state index in [0.29, 0.717) is 5.92 Å². The number of aliphatic imine (C=N–C) groups is 1. The molecule has 0 saturated heterocycles. The monoisotopic (exact) mass is 300 g/mol. The molecule has 0 aromatic heterocycles. The van der Waals surface area contributed by atoms with Crippen LogP contribution < -0.4 is 10.6 Å². The molecule has 0 heterocycles. The van der Waals surface area contributed by atoms with Crippen LogP contribution in [0.25, 0.3) is 0 Å². The van der Waals surface area contributed by atoms with E-state index in [9.17, 15) is 0 Å². The van der Waals surface area contributed by atoms with E-state index in [2.05, 4.69) is 48.2 Å². The van der Waals surface area contributed by atoms with Crippen LogP contribution in [0.1, 0.15) is 40.5 Å². The van der Waals surface area contributed by atoms with Gasteiger partial charge in [0, 0.05) is 33.4 Å². The molecule has 0 aromatic rings. The van der Waals surface area contributed by atoms with Crippen LogP contribution in [-0.2, 0) is 4.74 Å². The highest BCUT2D eigenvalue weighted by Crippen LogP contribution is 1.93. The Morgan fingerprint density at radius 2 is 1.71 bits per heavy atom. The highest BCUT2D eigenvalue weighted by atomic mass is 16.5. The van der Waals surface area contributed by atoms with Crippen molar-refractivity contribution in [3.8, 4) is 0 Å². The summed E-state index contributed by atoms with van der Waals surface area (Å²) < 4.78 is 5.55. The standard InChI is InChI=1S/C16H36N4O/c1-6-20(7-2)12-8-10-18-16(17-5)19-11-9-13-21-14-15(3)4/h15H,6-14H2,1-5H3,(H2,17,18,19). The Balaban J connectivity index is 3.55. The van der Waals surface area contributed by atoms with Gasteiger partial charge >= 0.3 is 0 Å². The summed E-state index contributed by atoms with van der Waals surface area (Å²) in [6, 6.07) is 0. The third-order valence-corrected chi connectivity index (χ3v) is 3.27. The van der Waals surface area contributed by atoms with Crippen LogP contribution >= 0.6 is 0 Å². The average molecular weight is 300 g/mol. The largest absolute Gasteiger partial charge is 0.381 e. The summed E-state index contributed by atoms with van der Waals surface area (Å²) >= 11 is 0. The van der Waals surface area contributed by atoms with E-state index in [0.717, 1.165) is 64.7 Å². The average Bonchev–Trinajstić information content (AvgIpc) is 2.48. The fourth-order valence-electron chi connectivity index (χ4n) is 1.97. The van der Waals surface area contributed by atoms with Gasteiger partial charge in [-0.25, -0.2) is 0 Å². The molecule has 0 aromatic carbocycles. The zero-order valence-electron chi connectivity index (χ0n) is 14.7. The van der Waals surface area contributed by atoms with E-state index in [1.165, 1.54) is 0 Å². The molecule has 0 aliphatic heterocycles. The summed E-state index contributed by atoms with van der Waals surface area (Å²) in [5.74, 6) is 1.50. The maximum Gasteiger partial charge on any atom is 0.190 e. The lowest BCUT2D eigenvalue weighted by Crippen LogP contribution is -2.39. The number of hydrogen-bond donors (Lipinski definition) is 2. The molecule has 0 rings (SSSR count). The summed E-state index contributed by atoms with van der Waals surface area (Å²) in [6.45, 7) is 15.7. The van der Waals surface area contributed by atoms with Crippen molar-refractivity contribution in [1.82, 2.24) is 15.5 Å². The predicted octanol–water partition coefficient (Wildman–Crippen LogP) is 1.95. The van der Waals surface area contributed by atoms with E-state index < -0.39 is 0 Å². The fraction of sp³-hybridized carbons (Fsp3) is 0.938. The van der Waals surface area contributed by atoms with Crippen molar-refractivity contribution in [2.24, 2.45) is 10.9 Å². The molecule has 0 unspecified atom stereocenters. The second-order valence-electron chi connectivity index (χ2n) is 5.63. The highest BCUT2D eigenvalue weighted by molar-refractivity contribution is 5.79. The Hall–Kier alpha value is -0.810. The van der Waals surface area contributed by atoms with Crippen molar-refractivity contribution >= 4 is 5.96 Å². The van der Waals surface area contributed by atoms with E-state index >= 15 is 0 Å². The molecule has 0 fully saturated rings. The van der Waals surface area contributed by atoms with Crippen LogP contribution in [0.3, 0.4) is 0 Å². The topological polar surface area (TPSA) is 48.9 Å². The Morgan fingerprint density at radius 3 is 2.24 bits per heavy atom. The fourth-order valence-corrected chi connectivity index (χ4v) is 1.97. The first-order valence-corrected chi connectivity index (χ1v) is 8.38. The first-order chi connectivity index (χ1) is 10.1. The van der Waals surface area contributed by atoms with Gasteiger partial charge in [-0.05, 0) is 38.4 Å². The van der Waals surface area contributed by atoms with Crippen LogP contribution in [0.5, 0.6) is 0 Å². The van der Waals surface area contributed by atoms with Crippen molar-refractivity contribution < 1.29 is 4.74 Å². The third kappa shape index (κ3) is 12.6. The number of rotatable bonds is 12. The van der Waals surface area contributed by atoms with Gasteiger partial charge in [0.15, 0.2) is 5.96 Å². The van der Waals surface area contributed by atoms with Crippen molar-refractivity contribution in [3.05, 3.63) is 0 Å². The predicted molar refractivity (Wildman–Crippen MR) is 92.0 cm³/mol. The minimum Gasteiger partial charge on any atom is -0.381 e. The molecular formula is C16H36N4O. The molecule has 21 heavy (non-hydrogen) atoms. The second-order valence-corrected chi connectivity index (χ2v) is 5.63. The maximum absolute atomic E-state index is 5.55. The Morgan fingerprint density at radius 1 is 1.10 bits per heavy atom. The molecule has 126 valence electrons. The Bertz CT molecular complexity index is 253. The minimum atomic E-state index is 0.609. The lowest BCUT2D eigenvalue weighted by molar-refractivity contribution is 0.108. The van der Waals surface area contributed by atoms with Crippen molar-refractivity contribution in [2.45, 2.75) is 40.5 Å². The number of hydrogen-bond acceptors (Lipinski definition) is 3. The normalized spacial score (nSPS) is 12.2. The minimum absolute atomic E-state index is 0.609. The van der Waals surface area contributed by atoms with E-state index in [-0.39, 0.29) is 0 Å². The Kier molecular flexibility index (Phi) is 13.6. The van der Waals surface area contributed by atoms with E-state index in [1.54, 1.807) is 0 Å². The van der Waals surface area contributed by atoms with Gasteiger partial charge in [-0.3, -0.25) is 4.99 Å². The zero-order chi connectivity index (χ0) is 15.9. The van der Waals surface area contributed by atoms with Crippen molar-refractivity contribution in [2.75, 3.05) is 53.0 Å². The smallest absolute Gasteiger partial charge is 0.190 e. The van der Waals surface area contributed by atoms with E-state index in [4.69, 9.17) is 4.74 Å². The molecule has 0 bridgehead atoms. The van der Waals surface area contributed by atoms with Crippen LogP contribution in [0.2, 0.25) is 0 Å². The summed E-state index contributed by atoms with van der Waals surface area (Å²) in [4.78, 5) is 6.67. The van der Waals surface area contributed by atoms with Crippen LogP contribution in [0, 0.1) is 5.92 Å². The van der Waals surface area contributed by atoms with Gasteiger partial charge in [-0.2, -0.15) is 0 Å². The molecule has 0 aliphatic rings. The van der Waals surface area contributed by atoms with Crippen molar-refractivity contribution in [1.29, 1.82) is 0 Å². The van der Waals surface area contributed by atoms with Gasteiger partial charge in [-0.1, -0.05) is 27.7 Å². The summed E-state index contributed by atoms with van der Waals surface area (Å²) in [5, 5.41) is 6.67. The molecule has 0 saturated carbocycles. The molecule has 0 amide bonds. The maximum atomic E-state index is 5.55. The highest BCUT2D eigenvalue weighted by Gasteiger charge is 2.00. The molecule has 0 radical (unpaired) electrons. The number of guanidine groups is 1. The molecule has 5 heteroatoms. The van der Waals surface area contributed by atoms with Crippen molar-refractivity contribution in [3.63, 3.8) is 0 Å². The summed E-state index contributed by atoms with van der Waals surface area (Å²) in [5.41, 5.74) is 0. The molecule has 0 atom stereocenters.